The lowest BCUT2D eigenvalue weighted by Gasteiger charge is -2.05. The van der Waals surface area contributed by atoms with Gasteiger partial charge in [0.1, 0.15) is 0 Å². The molecule has 6 nitrogen and oxygen atoms in total. The number of hydrogen-bond acceptors (Lipinski definition) is 3. The zero-order valence-electron chi connectivity index (χ0n) is 13.1. The normalized spacial score (nSPS) is 11.4. The van der Waals surface area contributed by atoms with Gasteiger partial charge in [0.25, 0.3) is 5.56 Å². The first-order valence-electron chi connectivity index (χ1n) is 7.90. The number of aromatic nitrogens is 5. The van der Waals surface area contributed by atoms with Crippen LogP contribution in [0.2, 0.25) is 0 Å². The average Bonchev–Trinajstić information content (AvgIpc) is 3.32. The van der Waals surface area contributed by atoms with E-state index in [0.29, 0.717) is 16.9 Å². The summed E-state index contributed by atoms with van der Waals surface area (Å²) in [4.78, 5) is 17.3. The van der Waals surface area contributed by atoms with Crippen LogP contribution < -0.4 is 5.56 Å². The molecule has 0 amide bonds. The molecular formula is C19H13N5O. The first-order chi connectivity index (χ1) is 12.3. The minimum absolute atomic E-state index is 0.166. The topological polar surface area (TPSA) is 78.8 Å². The number of fused-ring (bicyclic) bond motifs is 2. The van der Waals surface area contributed by atoms with Crippen LogP contribution in [0.25, 0.3) is 38.8 Å². The lowest BCUT2D eigenvalue weighted by Crippen LogP contribution is -2.17. The maximum Gasteiger partial charge on any atom is 0.282 e. The minimum atomic E-state index is -0.166. The number of hydrogen-bond donors (Lipinski definition) is 2. The number of aromatic amines is 2. The highest BCUT2D eigenvalue weighted by molar-refractivity contribution is 5.99. The van der Waals surface area contributed by atoms with E-state index in [2.05, 4.69) is 38.5 Å². The maximum absolute atomic E-state index is 12.8. The van der Waals surface area contributed by atoms with Crippen LogP contribution in [0.5, 0.6) is 0 Å². The van der Waals surface area contributed by atoms with E-state index in [1.165, 1.54) is 4.52 Å². The Balaban J connectivity index is 1.79. The Hall–Kier alpha value is -3.67. The van der Waals surface area contributed by atoms with Crippen LogP contribution >= 0.6 is 0 Å². The van der Waals surface area contributed by atoms with Gasteiger partial charge in [-0.15, -0.1) is 0 Å². The molecule has 5 rings (SSSR count). The zero-order chi connectivity index (χ0) is 16.8. The van der Waals surface area contributed by atoms with Crippen molar-refractivity contribution in [2.75, 3.05) is 0 Å². The lowest BCUT2D eigenvalue weighted by molar-refractivity contribution is 0.899. The summed E-state index contributed by atoms with van der Waals surface area (Å²) in [6, 6.07) is 16.0. The summed E-state index contributed by atoms with van der Waals surface area (Å²) in [6.45, 7) is 0. The first-order valence-corrected chi connectivity index (χ1v) is 7.90. The van der Waals surface area contributed by atoms with Gasteiger partial charge in [0.2, 0.25) is 0 Å². The molecule has 0 aliphatic heterocycles. The van der Waals surface area contributed by atoms with Gasteiger partial charge < -0.3 is 0 Å². The summed E-state index contributed by atoms with van der Waals surface area (Å²) in [6.07, 6.45) is 5.02. The SMILES string of the molecule is O=c1c(-c2ccn[nH]2)cnc2c(-c3cccc4ccccc34)c[nH]n12. The number of H-pyrrole nitrogens is 2. The Morgan fingerprint density at radius 2 is 1.80 bits per heavy atom. The highest BCUT2D eigenvalue weighted by Gasteiger charge is 2.14. The fourth-order valence-electron chi connectivity index (χ4n) is 3.21. The molecule has 0 bridgehead atoms. The van der Waals surface area contributed by atoms with Crippen molar-refractivity contribution in [3.8, 4) is 22.4 Å². The fourth-order valence-corrected chi connectivity index (χ4v) is 3.21. The number of rotatable bonds is 2. The molecule has 0 unspecified atom stereocenters. The Kier molecular flexibility index (Phi) is 2.84. The van der Waals surface area contributed by atoms with Crippen molar-refractivity contribution in [1.82, 2.24) is 24.8 Å². The third kappa shape index (κ3) is 2.01. The van der Waals surface area contributed by atoms with Gasteiger partial charge in [0.05, 0.1) is 11.3 Å². The van der Waals surface area contributed by atoms with Crippen molar-refractivity contribution in [2.45, 2.75) is 0 Å². The highest BCUT2D eigenvalue weighted by atomic mass is 16.1. The molecule has 0 aliphatic rings. The van der Waals surface area contributed by atoms with Gasteiger partial charge >= 0.3 is 0 Å². The second-order valence-corrected chi connectivity index (χ2v) is 5.82. The predicted octanol–water partition coefficient (Wildman–Crippen LogP) is 3.23. The van der Waals surface area contributed by atoms with E-state index >= 15 is 0 Å². The molecule has 0 saturated carbocycles. The molecule has 3 heterocycles. The standard InChI is InChI=1S/C19H13N5O/c25-19-16(17-8-9-21-23-17)10-20-18-15(11-22-24(18)19)14-7-3-5-12-4-1-2-6-13(12)14/h1-11,22H,(H,21,23). The van der Waals surface area contributed by atoms with Crippen LogP contribution in [0.1, 0.15) is 0 Å². The van der Waals surface area contributed by atoms with Gasteiger partial charge in [-0.3, -0.25) is 15.0 Å². The molecule has 6 heteroatoms. The predicted molar refractivity (Wildman–Crippen MR) is 96.3 cm³/mol. The molecule has 0 spiro atoms. The van der Waals surface area contributed by atoms with Crippen LogP contribution in [0.4, 0.5) is 0 Å². The molecule has 0 saturated heterocycles. The van der Waals surface area contributed by atoms with Crippen LogP contribution in [0.3, 0.4) is 0 Å². The number of nitrogens with zero attached hydrogens (tertiary/aromatic N) is 3. The van der Waals surface area contributed by atoms with E-state index in [1.807, 2.05) is 30.5 Å². The van der Waals surface area contributed by atoms with Crippen LogP contribution in [0.15, 0.2) is 71.9 Å². The molecule has 25 heavy (non-hydrogen) atoms. The van der Waals surface area contributed by atoms with Gasteiger partial charge in [0.15, 0.2) is 5.65 Å². The van der Waals surface area contributed by atoms with E-state index in [0.717, 1.165) is 21.9 Å². The third-order valence-electron chi connectivity index (χ3n) is 4.41. The number of benzene rings is 2. The number of nitrogens with one attached hydrogen (secondary N) is 2. The quantitative estimate of drug-likeness (QED) is 0.522. The summed E-state index contributed by atoms with van der Waals surface area (Å²) >= 11 is 0. The van der Waals surface area contributed by atoms with Crippen molar-refractivity contribution in [1.29, 1.82) is 0 Å². The van der Waals surface area contributed by atoms with E-state index in [9.17, 15) is 4.79 Å². The van der Waals surface area contributed by atoms with Gasteiger partial charge in [-0.2, -0.15) is 5.10 Å². The Bertz CT molecular complexity index is 1260. The van der Waals surface area contributed by atoms with Crippen LogP contribution in [0, 0.1) is 0 Å². The zero-order valence-corrected chi connectivity index (χ0v) is 13.1. The van der Waals surface area contributed by atoms with E-state index in [4.69, 9.17) is 0 Å². The monoisotopic (exact) mass is 327 g/mol. The van der Waals surface area contributed by atoms with Crippen molar-refractivity contribution in [3.05, 3.63) is 77.5 Å². The molecule has 120 valence electrons. The molecule has 5 aromatic rings. The molecule has 3 aromatic heterocycles. The van der Waals surface area contributed by atoms with Gasteiger partial charge in [-0.05, 0) is 22.4 Å². The third-order valence-corrected chi connectivity index (χ3v) is 4.41. The lowest BCUT2D eigenvalue weighted by atomic mass is 10.0. The van der Waals surface area contributed by atoms with Crippen LogP contribution in [-0.4, -0.2) is 24.8 Å². The Labute approximate surface area is 141 Å². The second kappa shape index (κ2) is 5.17. The first kappa shape index (κ1) is 13.7. The summed E-state index contributed by atoms with van der Waals surface area (Å²) < 4.78 is 1.47. The summed E-state index contributed by atoms with van der Waals surface area (Å²) in [5.74, 6) is 0. The fraction of sp³-hybridized carbons (Fsp3) is 0. The molecule has 0 fully saturated rings. The average molecular weight is 327 g/mol. The van der Waals surface area contributed by atoms with Crippen molar-refractivity contribution >= 4 is 16.4 Å². The van der Waals surface area contributed by atoms with Crippen molar-refractivity contribution in [2.24, 2.45) is 0 Å². The second-order valence-electron chi connectivity index (χ2n) is 5.82. The smallest absolute Gasteiger partial charge is 0.282 e. The molecular weight excluding hydrogens is 314 g/mol. The Morgan fingerprint density at radius 3 is 2.68 bits per heavy atom. The summed E-state index contributed by atoms with van der Waals surface area (Å²) in [5.41, 5.74) is 3.49. The highest BCUT2D eigenvalue weighted by Crippen LogP contribution is 2.30. The van der Waals surface area contributed by atoms with Gasteiger partial charge in [-0.1, -0.05) is 42.5 Å². The van der Waals surface area contributed by atoms with Gasteiger partial charge in [0, 0.05) is 24.2 Å². The van der Waals surface area contributed by atoms with E-state index in [1.54, 1.807) is 18.5 Å². The molecule has 0 aliphatic carbocycles. The van der Waals surface area contributed by atoms with E-state index in [-0.39, 0.29) is 5.56 Å². The molecule has 2 N–H and O–H groups in total. The van der Waals surface area contributed by atoms with Crippen LogP contribution in [-0.2, 0) is 0 Å². The van der Waals surface area contributed by atoms with Crippen molar-refractivity contribution < 1.29 is 0 Å². The van der Waals surface area contributed by atoms with E-state index < -0.39 is 0 Å². The minimum Gasteiger partial charge on any atom is -0.296 e. The Morgan fingerprint density at radius 1 is 0.920 bits per heavy atom. The summed E-state index contributed by atoms with van der Waals surface area (Å²) in [5, 5.41) is 12.0. The maximum atomic E-state index is 12.8. The van der Waals surface area contributed by atoms with Crippen molar-refractivity contribution in [3.63, 3.8) is 0 Å². The largest absolute Gasteiger partial charge is 0.296 e. The molecule has 0 radical (unpaired) electrons. The molecule has 2 aromatic carbocycles. The molecule has 0 atom stereocenters. The van der Waals surface area contributed by atoms with Gasteiger partial charge in [-0.25, -0.2) is 9.50 Å². The summed E-state index contributed by atoms with van der Waals surface area (Å²) in [7, 11) is 0.